The average Bonchev–Trinajstić information content (AvgIpc) is 3.49. The monoisotopic (exact) mass is 654 g/mol. The number of fused-ring (bicyclic) bond motifs is 9. The molecule has 50 heavy (non-hydrogen) atoms. The predicted octanol–water partition coefficient (Wildman–Crippen LogP) is 12.0. The van der Waals surface area contributed by atoms with Crippen molar-refractivity contribution in [2.24, 2.45) is 0 Å². The third kappa shape index (κ3) is 4.37. The number of rotatable bonds is 4. The van der Waals surface area contributed by atoms with Gasteiger partial charge in [0.2, 0.25) is 0 Å². The van der Waals surface area contributed by atoms with Crippen LogP contribution < -0.4 is 0 Å². The van der Waals surface area contributed by atoms with Crippen LogP contribution in [0.4, 0.5) is 0 Å². The molecule has 0 saturated heterocycles. The van der Waals surface area contributed by atoms with Crippen LogP contribution in [0.15, 0.2) is 192 Å². The Bertz CT molecular complexity index is 2510. The van der Waals surface area contributed by atoms with Crippen molar-refractivity contribution in [2.75, 3.05) is 0 Å². The summed E-state index contributed by atoms with van der Waals surface area (Å²) in [6.45, 7) is 0. The summed E-state index contributed by atoms with van der Waals surface area (Å²) in [6, 6.07) is 65.4. The smallest absolute Gasteiger partial charge is 0.160 e. The van der Waals surface area contributed by atoms with Crippen molar-refractivity contribution in [1.82, 2.24) is 9.97 Å². The lowest BCUT2D eigenvalue weighted by atomic mass is 9.66. The van der Waals surface area contributed by atoms with Crippen LogP contribution in [0.5, 0.6) is 0 Å². The Hall–Kier alpha value is -6.03. The van der Waals surface area contributed by atoms with Gasteiger partial charge >= 0.3 is 0 Å². The van der Waals surface area contributed by atoms with Gasteiger partial charge in [-0.2, -0.15) is 0 Å². The number of benzene rings is 7. The Morgan fingerprint density at radius 1 is 0.360 bits per heavy atom. The van der Waals surface area contributed by atoms with Gasteiger partial charge in [0.05, 0.1) is 16.8 Å². The molecule has 0 unspecified atom stereocenters. The van der Waals surface area contributed by atoms with Crippen LogP contribution in [0.2, 0.25) is 0 Å². The molecule has 1 aliphatic heterocycles. The van der Waals surface area contributed by atoms with Gasteiger partial charge in [-0.05, 0) is 62.7 Å². The molecule has 7 aromatic carbocycles. The van der Waals surface area contributed by atoms with E-state index in [2.05, 4.69) is 182 Å². The van der Waals surface area contributed by atoms with E-state index in [9.17, 15) is 0 Å². The van der Waals surface area contributed by atoms with Crippen molar-refractivity contribution in [3.05, 3.63) is 204 Å². The second kappa shape index (κ2) is 11.5. The molecular weight excluding hydrogens is 625 g/mol. The SMILES string of the molecule is c1ccc(-c2ccc(-c3nc(-c4ccccc4)cc(-c4cccc5c4C4(c6ccccc6Sc6ccccc64)c4ccccc4-5)n3)cc2)cc1. The van der Waals surface area contributed by atoms with E-state index in [1.165, 1.54) is 54.3 Å². The van der Waals surface area contributed by atoms with Crippen LogP contribution >= 0.6 is 11.8 Å². The molecule has 0 radical (unpaired) electrons. The summed E-state index contributed by atoms with van der Waals surface area (Å²) in [5, 5.41) is 0. The van der Waals surface area contributed by atoms with E-state index in [1.54, 1.807) is 0 Å². The molecule has 0 atom stereocenters. The summed E-state index contributed by atoms with van der Waals surface area (Å²) in [6.07, 6.45) is 0. The predicted molar refractivity (Wildman–Crippen MR) is 205 cm³/mol. The highest BCUT2D eigenvalue weighted by molar-refractivity contribution is 7.99. The molecule has 8 aromatic rings. The van der Waals surface area contributed by atoms with E-state index < -0.39 is 5.41 Å². The molecule has 10 rings (SSSR count). The summed E-state index contributed by atoms with van der Waals surface area (Å²) in [4.78, 5) is 13.2. The summed E-state index contributed by atoms with van der Waals surface area (Å²) in [5.41, 5.74) is 14.6. The lowest BCUT2D eigenvalue weighted by molar-refractivity contribution is 0.723. The van der Waals surface area contributed by atoms with Gasteiger partial charge in [-0.25, -0.2) is 9.97 Å². The maximum absolute atomic E-state index is 5.42. The summed E-state index contributed by atoms with van der Waals surface area (Å²) >= 11 is 1.87. The first kappa shape index (κ1) is 28.9. The van der Waals surface area contributed by atoms with Gasteiger partial charge in [0.25, 0.3) is 0 Å². The number of hydrogen-bond acceptors (Lipinski definition) is 3. The lowest BCUT2D eigenvalue weighted by Crippen LogP contribution is -2.32. The molecule has 0 fully saturated rings. The molecular formula is C47H30N2S. The third-order valence-corrected chi connectivity index (χ3v) is 11.3. The van der Waals surface area contributed by atoms with Crippen LogP contribution in [-0.4, -0.2) is 9.97 Å². The van der Waals surface area contributed by atoms with Crippen molar-refractivity contribution in [1.29, 1.82) is 0 Å². The summed E-state index contributed by atoms with van der Waals surface area (Å²) < 4.78 is 0. The van der Waals surface area contributed by atoms with E-state index in [0.717, 1.165) is 28.1 Å². The molecule has 0 saturated carbocycles. The topological polar surface area (TPSA) is 25.8 Å². The summed E-state index contributed by atoms with van der Waals surface area (Å²) in [7, 11) is 0. The number of hydrogen-bond donors (Lipinski definition) is 0. The van der Waals surface area contributed by atoms with Gasteiger partial charge in [-0.3, -0.25) is 0 Å². The first-order valence-electron chi connectivity index (χ1n) is 17.0. The standard InChI is InChI=1S/C47H30N2S/c1-3-14-31(15-4-1)32-26-28-34(29-27-32)46-48-41(33-16-5-2-6-17-33)30-42(49-46)37-20-13-19-36-35-18-7-8-21-38(35)47(45(36)37)39-22-9-11-24-43(39)50-44-25-12-10-23-40(44)47/h1-30H. The Morgan fingerprint density at radius 3 is 1.56 bits per heavy atom. The molecule has 1 aliphatic carbocycles. The first-order valence-corrected chi connectivity index (χ1v) is 17.8. The third-order valence-electron chi connectivity index (χ3n) is 10.2. The van der Waals surface area contributed by atoms with Gasteiger partial charge in [0.1, 0.15) is 0 Å². The fourth-order valence-corrected chi connectivity index (χ4v) is 9.23. The van der Waals surface area contributed by atoms with Gasteiger partial charge in [0.15, 0.2) is 5.82 Å². The normalized spacial score (nSPS) is 13.3. The van der Waals surface area contributed by atoms with Crippen LogP contribution in [0.1, 0.15) is 22.3 Å². The van der Waals surface area contributed by atoms with Crippen LogP contribution in [0, 0.1) is 0 Å². The molecule has 1 spiro atoms. The van der Waals surface area contributed by atoms with Gasteiger partial charge in [0, 0.05) is 26.5 Å². The lowest BCUT2D eigenvalue weighted by Gasteiger charge is -2.40. The van der Waals surface area contributed by atoms with E-state index in [4.69, 9.17) is 9.97 Å². The zero-order chi connectivity index (χ0) is 33.1. The minimum Gasteiger partial charge on any atom is -0.228 e. The minimum atomic E-state index is -0.504. The zero-order valence-corrected chi connectivity index (χ0v) is 27.9. The molecule has 1 aromatic heterocycles. The van der Waals surface area contributed by atoms with E-state index in [-0.39, 0.29) is 0 Å². The number of nitrogens with zero attached hydrogens (tertiary/aromatic N) is 2. The van der Waals surface area contributed by atoms with E-state index in [1.807, 2.05) is 11.8 Å². The second-order valence-corrected chi connectivity index (χ2v) is 14.0. The van der Waals surface area contributed by atoms with Crippen LogP contribution in [0.25, 0.3) is 56.2 Å². The molecule has 2 aliphatic rings. The maximum Gasteiger partial charge on any atom is 0.160 e. The van der Waals surface area contributed by atoms with Crippen molar-refractivity contribution in [3.8, 4) is 56.2 Å². The Balaban J connectivity index is 1.25. The fourth-order valence-electron chi connectivity index (χ4n) is 8.04. The van der Waals surface area contributed by atoms with E-state index >= 15 is 0 Å². The highest BCUT2D eigenvalue weighted by atomic mass is 32.2. The molecule has 2 nitrogen and oxygen atoms in total. The maximum atomic E-state index is 5.42. The highest BCUT2D eigenvalue weighted by Gasteiger charge is 2.51. The molecule has 234 valence electrons. The molecule has 0 N–H and O–H groups in total. The zero-order valence-electron chi connectivity index (χ0n) is 27.1. The Morgan fingerprint density at radius 2 is 0.860 bits per heavy atom. The molecule has 0 amide bonds. The van der Waals surface area contributed by atoms with Crippen LogP contribution in [0.3, 0.4) is 0 Å². The molecule has 3 heteroatoms. The number of aromatic nitrogens is 2. The van der Waals surface area contributed by atoms with Crippen molar-refractivity contribution >= 4 is 11.8 Å². The second-order valence-electron chi connectivity index (χ2n) is 12.9. The van der Waals surface area contributed by atoms with Crippen molar-refractivity contribution < 1.29 is 0 Å². The highest BCUT2D eigenvalue weighted by Crippen LogP contribution is 2.63. The van der Waals surface area contributed by atoms with Gasteiger partial charge in [-0.1, -0.05) is 176 Å². The van der Waals surface area contributed by atoms with Gasteiger partial charge < -0.3 is 0 Å². The fraction of sp³-hybridized carbons (Fsp3) is 0.0213. The quantitative estimate of drug-likeness (QED) is 0.189. The first-order chi connectivity index (χ1) is 24.8. The molecule has 0 bridgehead atoms. The Kier molecular flexibility index (Phi) is 6.68. The minimum absolute atomic E-state index is 0.504. The Labute approximate surface area is 296 Å². The molecule has 2 heterocycles. The summed E-state index contributed by atoms with van der Waals surface area (Å²) in [5.74, 6) is 0.711. The van der Waals surface area contributed by atoms with E-state index in [0.29, 0.717) is 5.82 Å². The van der Waals surface area contributed by atoms with Crippen LogP contribution in [-0.2, 0) is 5.41 Å². The average molecular weight is 655 g/mol. The van der Waals surface area contributed by atoms with Gasteiger partial charge in [-0.15, -0.1) is 0 Å². The largest absolute Gasteiger partial charge is 0.228 e. The van der Waals surface area contributed by atoms with Crippen molar-refractivity contribution in [3.63, 3.8) is 0 Å². The van der Waals surface area contributed by atoms with Crippen molar-refractivity contribution in [2.45, 2.75) is 15.2 Å².